The first kappa shape index (κ1) is 9.03. The molecule has 0 aromatic heterocycles. The Morgan fingerprint density at radius 2 is 2.38 bits per heavy atom. The smallest absolute Gasteiger partial charge is 0.0501 e. The first-order valence-electron chi connectivity index (χ1n) is 4.45. The number of halogens is 1. The zero-order valence-corrected chi connectivity index (χ0v) is 8.84. The maximum absolute atomic E-state index is 9.19. The average molecular weight is 242 g/mol. The molecule has 1 aromatic carbocycles. The van der Waals surface area contributed by atoms with E-state index in [0.29, 0.717) is 5.92 Å². The van der Waals surface area contributed by atoms with Gasteiger partial charge in [-0.25, -0.2) is 0 Å². The Balaban J connectivity index is 2.41. The van der Waals surface area contributed by atoms with Crippen LogP contribution in [0.15, 0.2) is 22.7 Å². The molecule has 0 saturated heterocycles. The molecule has 0 saturated carbocycles. The highest BCUT2D eigenvalue weighted by molar-refractivity contribution is 9.10. The number of rotatable bonds is 1. The first-order chi connectivity index (χ1) is 6.31. The van der Waals surface area contributed by atoms with Crippen LogP contribution in [0.1, 0.15) is 17.9 Å². The number of aliphatic hydroxyl groups is 1. The first-order valence-corrected chi connectivity index (χ1v) is 5.24. The van der Waals surface area contributed by atoms with Crippen LogP contribution in [-0.4, -0.2) is 18.3 Å². The Morgan fingerprint density at radius 1 is 1.54 bits per heavy atom. The number of hydrogen-bond acceptors (Lipinski definition) is 2. The van der Waals surface area contributed by atoms with Gasteiger partial charge in [0.15, 0.2) is 0 Å². The minimum Gasteiger partial charge on any atom is -0.396 e. The SMILES string of the molecule is OCC1CCNc2ccc(Br)cc21. The molecular weight excluding hydrogens is 230 g/mol. The van der Waals surface area contributed by atoms with Crippen LogP contribution in [0, 0.1) is 0 Å². The summed E-state index contributed by atoms with van der Waals surface area (Å²) < 4.78 is 1.08. The van der Waals surface area contributed by atoms with Crippen molar-refractivity contribution in [2.24, 2.45) is 0 Å². The molecule has 13 heavy (non-hydrogen) atoms. The van der Waals surface area contributed by atoms with Gasteiger partial charge in [-0.1, -0.05) is 15.9 Å². The third-order valence-corrected chi connectivity index (χ3v) is 2.98. The lowest BCUT2D eigenvalue weighted by atomic mass is 9.92. The molecule has 0 radical (unpaired) electrons. The van der Waals surface area contributed by atoms with Crippen LogP contribution in [0.2, 0.25) is 0 Å². The third kappa shape index (κ3) is 1.71. The number of fused-ring (bicyclic) bond motifs is 1. The second-order valence-electron chi connectivity index (χ2n) is 3.33. The van der Waals surface area contributed by atoms with Gasteiger partial charge in [-0.2, -0.15) is 0 Å². The summed E-state index contributed by atoms with van der Waals surface area (Å²) in [4.78, 5) is 0. The van der Waals surface area contributed by atoms with Crippen molar-refractivity contribution in [3.63, 3.8) is 0 Å². The monoisotopic (exact) mass is 241 g/mol. The van der Waals surface area contributed by atoms with Crippen LogP contribution in [0.3, 0.4) is 0 Å². The summed E-state index contributed by atoms with van der Waals surface area (Å²) in [6, 6.07) is 6.16. The lowest BCUT2D eigenvalue weighted by Crippen LogP contribution is -2.18. The van der Waals surface area contributed by atoms with Gasteiger partial charge in [0.25, 0.3) is 0 Å². The van der Waals surface area contributed by atoms with Crippen LogP contribution in [-0.2, 0) is 0 Å². The molecule has 0 aliphatic carbocycles. The van der Waals surface area contributed by atoms with E-state index < -0.39 is 0 Å². The number of nitrogens with one attached hydrogen (secondary N) is 1. The second kappa shape index (κ2) is 3.68. The molecule has 0 spiro atoms. The van der Waals surface area contributed by atoms with E-state index in [4.69, 9.17) is 0 Å². The molecule has 1 aliphatic rings. The van der Waals surface area contributed by atoms with E-state index in [2.05, 4.69) is 33.4 Å². The Hall–Kier alpha value is -0.540. The van der Waals surface area contributed by atoms with E-state index in [1.165, 1.54) is 5.56 Å². The molecule has 1 aliphatic heterocycles. The van der Waals surface area contributed by atoms with Crippen molar-refractivity contribution in [1.82, 2.24) is 0 Å². The van der Waals surface area contributed by atoms with Gasteiger partial charge in [0.1, 0.15) is 0 Å². The largest absolute Gasteiger partial charge is 0.396 e. The van der Waals surface area contributed by atoms with Gasteiger partial charge in [0.05, 0.1) is 6.61 Å². The molecule has 2 nitrogen and oxygen atoms in total. The van der Waals surface area contributed by atoms with Gasteiger partial charge in [-0.15, -0.1) is 0 Å². The van der Waals surface area contributed by atoms with E-state index in [-0.39, 0.29) is 6.61 Å². The van der Waals surface area contributed by atoms with Gasteiger partial charge in [0, 0.05) is 22.6 Å². The summed E-state index contributed by atoms with van der Waals surface area (Å²) in [6.07, 6.45) is 1.01. The summed E-state index contributed by atoms with van der Waals surface area (Å²) in [5.41, 5.74) is 2.39. The van der Waals surface area contributed by atoms with E-state index >= 15 is 0 Å². The molecule has 1 heterocycles. The van der Waals surface area contributed by atoms with Crippen LogP contribution in [0.25, 0.3) is 0 Å². The van der Waals surface area contributed by atoms with Gasteiger partial charge < -0.3 is 10.4 Å². The highest BCUT2D eigenvalue weighted by atomic mass is 79.9. The highest BCUT2D eigenvalue weighted by Gasteiger charge is 2.18. The maximum atomic E-state index is 9.19. The molecule has 0 bridgehead atoms. The molecule has 2 N–H and O–H groups in total. The van der Waals surface area contributed by atoms with Crippen molar-refractivity contribution in [1.29, 1.82) is 0 Å². The summed E-state index contributed by atoms with van der Waals surface area (Å²) in [5, 5.41) is 12.5. The molecule has 1 atom stereocenters. The molecule has 70 valence electrons. The average Bonchev–Trinajstić information content (AvgIpc) is 2.17. The fraction of sp³-hybridized carbons (Fsp3) is 0.400. The van der Waals surface area contributed by atoms with E-state index in [9.17, 15) is 5.11 Å². The van der Waals surface area contributed by atoms with Crippen molar-refractivity contribution in [2.45, 2.75) is 12.3 Å². The molecule has 1 unspecified atom stereocenters. The third-order valence-electron chi connectivity index (χ3n) is 2.48. The molecule has 3 heteroatoms. The molecule has 2 rings (SSSR count). The Kier molecular flexibility index (Phi) is 2.56. The minimum atomic E-state index is 0.241. The van der Waals surface area contributed by atoms with Crippen LogP contribution in [0.5, 0.6) is 0 Å². The predicted octanol–water partition coefficient (Wildman–Crippen LogP) is 2.34. The normalized spacial score (nSPS) is 20.6. The van der Waals surface area contributed by atoms with Gasteiger partial charge in [-0.05, 0) is 30.2 Å². The Bertz CT molecular complexity index is 314. The van der Waals surface area contributed by atoms with Gasteiger partial charge >= 0.3 is 0 Å². The Morgan fingerprint density at radius 3 is 3.15 bits per heavy atom. The quantitative estimate of drug-likeness (QED) is 0.792. The maximum Gasteiger partial charge on any atom is 0.0501 e. The van der Waals surface area contributed by atoms with Crippen molar-refractivity contribution in [2.75, 3.05) is 18.5 Å². The molecule has 0 amide bonds. The highest BCUT2D eigenvalue weighted by Crippen LogP contribution is 2.33. The van der Waals surface area contributed by atoms with Crippen LogP contribution in [0.4, 0.5) is 5.69 Å². The zero-order valence-electron chi connectivity index (χ0n) is 7.26. The predicted molar refractivity (Wildman–Crippen MR) is 57.1 cm³/mol. The van der Waals surface area contributed by atoms with E-state index in [1.54, 1.807) is 0 Å². The lowest BCUT2D eigenvalue weighted by molar-refractivity contribution is 0.259. The summed E-state index contributed by atoms with van der Waals surface area (Å²) >= 11 is 3.44. The Labute approximate surface area is 86.1 Å². The number of hydrogen-bond donors (Lipinski definition) is 2. The van der Waals surface area contributed by atoms with Crippen molar-refractivity contribution < 1.29 is 5.11 Å². The zero-order chi connectivity index (χ0) is 9.26. The summed E-state index contributed by atoms with van der Waals surface area (Å²) in [6.45, 7) is 1.20. The lowest BCUT2D eigenvalue weighted by Gasteiger charge is -2.25. The van der Waals surface area contributed by atoms with Crippen LogP contribution < -0.4 is 5.32 Å². The van der Waals surface area contributed by atoms with Crippen molar-refractivity contribution in [3.05, 3.63) is 28.2 Å². The number of benzene rings is 1. The van der Waals surface area contributed by atoms with E-state index in [1.807, 2.05) is 6.07 Å². The van der Waals surface area contributed by atoms with Gasteiger partial charge in [-0.3, -0.25) is 0 Å². The van der Waals surface area contributed by atoms with Crippen LogP contribution >= 0.6 is 15.9 Å². The van der Waals surface area contributed by atoms with Gasteiger partial charge in [0.2, 0.25) is 0 Å². The minimum absolute atomic E-state index is 0.241. The number of anilines is 1. The van der Waals surface area contributed by atoms with E-state index in [0.717, 1.165) is 23.1 Å². The fourth-order valence-electron chi connectivity index (χ4n) is 1.76. The molecule has 1 aromatic rings. The van der Waals surface area contributed by atoms with Crippen molar-refractivity contribution >= 4 is 21.6 Å². The fourth-order valence-corrected chi connectivity index (χ4v) is 2.14. The summed E-state index contributed by atoms with van der Waals surface area (Å²) in [7, 11) is 0. The molecular formula is C10H12BrNO. The van der Waals surface area contributed by atoms with Crippen molar-refractivity contribution in [3.8, 4) is 0 Å². The summed E-state index contributed by atoms with van der Waals surface area (Å²) in [5.74, 6) is 0.300. The molecule has 0 fully saturated rings. The second-order valence-corrected chi connectivity index (χ2v) is 4.24. The number of aliphatic hydroxyl groups excluding tert-OH is 1. The standard InChI is InChI=1S/C10H12BrNO/c11-8-1-2-10-9(5-8)7(6-13)3-4-12-10/h1-2,5,7,12-13H,3-4,6H2. The topological polar surface area (TPSA) is 32.3 Å².